The lowest BCUT2D eigenvalue weighted by atomic mass is 10.1. The van der Waals surface area contributed by atoms with Gasteiger partial charge in [0.2, 0.25) is 5.89 Å². The molecule has 0 saturated heterocycles. The molecule has 0 radical (unpaired) electrons. The number of para-hydroxylation sites is 1. The van der Waals surface area contributed by atoms with E-state index in [1.165, 1.54) is 0 Å². The smallest absolute Gasteiger partial charge is 0.344 e. The van der Waals surface area contributed by atoms with Gasteiger partial charge in [-0.25, -0.2) is 9.78 Å². The molecule has 0 spiro atoms. The predicted octanol–water partition coefficient (Wildman–Crippen LogP) is 8.03. The summed E-state index contributed by atoms with van der Waals surface area (Å²) in [4.78, 5) is 16.5. The lowest BCUT2D eigenvalue weighted by Crippen LogP contribution is -2.26. The van der Waals surface area contributed by atoms with Crippen molar-refractivity contribution in [2.24, 2.45) is 0 Å². The molecule has 0 saturated carbocycles. The summed E-state index contributed by atoms with van der Waals surface area (Å²) in [6.07, 6.45) is 0.238. The highest BCUT2D eigenvalue weighted by Crippen LogP contribution is 2.38. The van der Waals surface area contributed by atoms with Crippen LogP contribution in [0.15, 0.2) is 95.4 Å². The molecule has 0 aliphatic rings. The van der Waals surface area contributed by atoms with Crippen LogP contribution in [0, 0.1) is 6.92 Å². The molecule has 2 aromatic heterocycles. The monoisotopic (exact) mass is 590 g/mol. The van der Waals surface area contributed by atoms with Gasteiger partial charge in [0, 0.05) is 28.4 Å². The first kappa shape index (κ1) is 28.9. The summed E-state index contributed by atoms with van der Waals surface area (Å²) < 4.78 is 26.1. The minimum atomic E-state index is -0.961. The molecule has 0 aliphatic carbocycles. The molecule has 0 aliphatic heterocycles. The third-order valence-electron chi connectivity index (χ3n) is 7.70. The van der Waals surface area contributed by atoms with E-state index in [1.807, 2.05) is 98.8 Å². The predicted molar refractivity (Wildman–Crippen MR) is 170 cm³/mol. The SMILES string of the molecule is CCCC(Oc1cccc2c1c1ccccc1n2Cc1ccc(OCc2nc(-c3ccccc3)oc2C)c(OC)c1)C(=O)O. The number of rotatable bonds is 12. The van der Waals surface area contributed by atoms with Crippen LogP contribution >= 0.6 is 0 Å². The molecule has 4 aromatic carbocycles. The van der Waals surface area contributed by atoms with Crippen molar-refractivity contribution in [2.45, 2.75) is 45.9 Å². The molecule has 6 rings (SSSR count). The maximum absolute atomic E-state index is 11.9. The van der Waals surface area contributed by atoms with Gasteiger partial charge in [0.05, 0.1) is 12.6 Å². The number of nitrogens with zero attached hydrogens (tertiary/aromatic N) is 2. The van der Waals surface area contributed by atoms with E-state index in [2.05, 4.69) is 15.6 Å². The Kier molecular flexibility index (Phi) is 8.23. The van der Waals surface area contributed by atoms with Crippen LogP contribution in [-0.2, 0) is 17.9 Å². The van der Waals surface area contributed by atoms with Crippen molar-refractivity contribution in [1.82, 2.24) is 9.55 Å². The van der Waals surface area contributed by atoms with E-state index in [-0.39, 0.29) is 6.61 Å². The molecular formula is C36H34N2O6. The van der Waals surface area contributed by atoms with Crippen molar-refractivity contribution >= 4 is 27.8 Å². The van der Waals surface area contributed by atoms with E-state index in [0.717, 1.165) is 38.6 Å². The summed E-state index contributed by atoms with van der Waals surface area (Å²) in [7, 11) is 1.63. The molecule has 2 heterocycles. The Morgan fingerprint density at radius 2 is 1.70 bits per heavy atom. The van der Waals surface area contributed by atoms with Gasteiger partial charge in [-0.15, -0.1) is 0 Å². The Morgan fingerprint density at radius 3 is 2.48 bits per heavy atom. The standard InChI is InChI=1S/C36H34N2O6/c1-4-11-32(36(39)40)44-31-17-10-16-29-34(31)26-14-8-9-15-28(26)38(29)21-24-18-19-30(33(20-24)41-3)42-22-27-23(2)43-35(37-27)25-12-6-5-7-13-25/h5-10,12-20,32H,4,11,21-22H2,1-3H3,(H,39,40). The Bertz CT molecular complexity index is 1920. The summed E-state index contributed by atoms with van der Waals surface area (Å²) in [6, 6.07) is 29.6. The van der Waals surface area contributed by atoms with Gasteiger partial charge >= 0.3 is 5.97 Å². The first-order valence-electron chi connectivity index (χ1n) is 14.7. The third kappa shape index (κ3) is 5.71. The number of methoxy groups -OCH3 is 1. The van der Waals surface area contributed by atoms with E-state index >= 15 is 0 Å². The molecule has 1 N–H and O–H groups in total. The number of ether oxygens (including phenoxy) is 3. The molecule has 0 bridgehead atoms. The van der Waals surface area contributed by atoms with Crippen molar-refractivity contribution in [3.8, 4) is 28.7 Å². The second kappa shape index (κ2) is 12.6. The number of aryl methyl sites for hydroxylation is 1. The van der Waals surface area contributed by atoms with Gasteiger partial charge in [0.25, 0.3) is 0 Å². The van der Waals surface area contributed by atoms with Crippen molar-refractivity contribution in [3.05, 3.63) is 108 Å². The van der Waals surface area contributed by atoms with Crippen LogP contribution in [0.5, 0.6) is 17.2 Å². The van der Waals surface area contributed by atoms with E-state index in [1.54, 1.807) is 7.11 Å². The van der Waals surface area contributed by atoms with Crippen LogP contribution in [-0.4, -0.2) is 33.8 Å². The average molecular weight is 591 g/mol. The number of carboxylic acids is 1. The topological polar surface area (TPSA) is 96.0 Å². The van der Waals surface area contributed by atoms with Crippen molar-refractivity contribution < 1.29 is 28.5 Å². The second-order valence-electron chi connectivity index (χ2n) is 10.6. The number of oxazole rings is 1. The van der Waals surface area contributed by atoms with Crippen molar-refractivity contribution in [2.75, 3.05) is 7.11 Å². The summed E-state index contributed by atoms with van der Waals surface area (Å²) in [6.45, 7) is 4.63. The zero-order valence-electron chi connectivity index (χ0n) is 24.9. The van der Waals surface area contributed by atoms with Gasteiger partial charge < -0.3 is 28.3 Å². The van der Waals surface area contributed by atoms with Crippen molar-refractivity contribution in [3.63, 3.8) is 0 Å². The van der Waals surface area contributed by atoms with Gasteiger partial charge in [-0.2, -0.15) is 0 Å². The third-order valence-corrected chi connectivity index (χ3v) is 7.70. The number of aliphatic carboxylic acids is 1. The Hall–Kier alpha value is -5.24. The Labute approximate surface area is 255 Å². The zero-order chi connectivity index (χ0) is 30.6. The number of fused-ring (bicyclic) bond motifs is 3. The number of benzene rings is 4. The molecule has 0 amide bonds. The number of hydrogen-bond donors (Lipinski definition) is 1. The molecule has 0 fully saturated rings. The highest BCUT2D eigenvalue weighted by Gasteiger charge is 2.22. The zero-order valence-corrected chi connectivity index (χ0v) is 24.9. The maximum Gasteiger partial charge on any atom is 0.344 e. The fourth-order valence-corrected chi connectivity index (χ4v) is 5.51. The first-order valence-corrected chi connectivity index (χ1v) is 14.7. The molecular weight excluding hydrogens is 556 g/mol. The van der Waals surface area contributed by atoms with Crippen LogP contribution in [0.25, 0.3) is 33.3 Å². The lowest BCUT2D eigenvalue weighted by molar-refractivity contribution is -0.145. The Morgan fingerprint density at radius 1 is 0.932 bits per heavy atom. The fourth-order valence-electron chi connectivity index (χ4n) is 5.51. The molecule has 6 aromatic rings. The number of aromatic nitrogens is 2. The van der Waals surface area contributed by atoms with E-state index in [0.29, 0.717) is 48.3 Å². The van der Waals surface area contributed by atoms with Gasteiger partial charge in [-0.3, -0.25) is 0 Å². The van der Waals surface area contributed by atoms with Gasteiger partial charge in [0.1, 0.15) is 23.8 Å². The Balaban J connectivity index is 1.28. The molecule has 1 unspecified atom stereocenters. The minimum absolute atomic E-state index is 0.239. The highest BCUT2D eigenvalue weighted by atomic mass is 16.5. The van der Waals surface area contributed by atoms with E-state index < -0.39 is 12.1 Å². The molecule has 8 heteroatoms. The molecule has 1 atom stereocenters. The first-order chi connectivity index (χ1) is 21.5. The van der Waals surface area contributed by atoms with Crippen LogP contribution in [0.2, 0.25) is 0 Å². The van der Waals surface area contributed by atoms with Gasteiger partial charge in [-0.1, -0.05) is 61.9 Å². The summed E-state index contributed by atoms with van der Waals surface area (Å²) in [5, 5.41) is 11.6. The molecule has 224 valence electrons. The normalized spacial score (nSPS) is 12.0. The quantitative estimate of drug-likeness (QED) is 0.154. The largest absolute Gasteiger partial charge is 0.493 e. The van der Waals surface area contributed by atoms with Crippen molar-refractivity contribution in [1.29, 1.82) is 0 Å². The van der Waals surface area contributed by atoms with Gasteiger partial charge in [0.15, 0.2) is 17.6 Å². The second-order valence-corrected chi connectivity index (χ2v) is 10.6. The number of carboxylic acid groups (broad SMARTS) is 1. The number of hydrogen-bond acceptors (Lipinski definition) is 6. The fraction of sp³-hybridized carbons (Fsp3) is 0.222. The molecule has 8 nitrogen and oxygen atoms in total. The minimum Gasteiger partial charge on any atom is -0.493 e. The molecule has 44 heavy (non-hydrogen) atoms. The van der Waals surface area contributed by atoms with Crippen LogP contribution < -0.4 is 14.2 Å². The number of carbonyl (C=O) groups is 1. The van der Waals surface area contributed by atoms with E-state index in [9.17, 15) is 9.90 Å². The highest BCUT2D eigenvalue weighted by molar-refractivity contribution is 6.11. The van der Waals surface area contributed by atoms with E-state index in [4.69, 9.17) is 18.6 Å². The van der Waals surface area contributed by atoms with Crippen LogP contribution in [0.3, 0.4) is 0 Å². The summed E-state index contributed by atoms with van der Waals surface area (Å²) >= 11 is 0. The maximum atomic E-state index is 11.9. The summed E-state index contributed by atoms with van der Waals surface area (Å²) in [5.74, 6) is 2.09. The summed E-state index contributed by atoms with van der Waals surface area (Å²) in [5.41, 5.74) is 4.63. The average Bonchev–Trinajstić information content (AvgIpc) is 3.58. The van der Waals surface area contributed by atoms with Gasteiger partial charge in [-0.05, 0) is 61.4 Å². The lowest BCUT2D eigenvalue weighted by Gasteiger charge is -2.16. The van der Waals surface area contributed by atoms with Crippen LogP contribution in [0.4, 0.5) is 0 Å². The van der Waals surface area contributed by atoms with Crippen LogP contribution in [0.1, 0.15) is 36.8 Å².